The van der Waals surface area contributed by atoms with Crippen LogP contribution in [0.1, 0.15) is 64.9 Å². The largest absolute Gasteiger partial charge is 0.463 e. The maximum atomic E-state index is 11.5. The zero-order chi connectivity index (χ0) is 42.2. The van der Waals surface area contributed by atoms with Gasteiger partial charge in [0.15, 0.2) is 5.78 Å². The summed E-state index contributed by atoms with van der Waals surface area (Å²) in [6.45, 7) is 7.43. The number of Topliss-reactive ketones (excluding diaryl/α,β-unsaturated/α-hetero) is 1. The van der Waals surface area contributed by atoms with Crippen LogP contribution in [0.3, 0.4) is 0 Å². The van der Waals surface area contributed by atoms with E-state index in [-0.39, 0.29) is 18.1 Å². The zero-order valence-electron chi connectivity index (χ0n) is 35.1. The molecule has 0 amide bonds. The molecular formula is C54H57N3O4. The van der Waals surface area contributed by atoms with Crippen LogP contribution in [-0.4, -0.2) is 84.0 Å². The lowest BCUT2D eigenvalue weighted by Crippen LogP contribution is -2.49. The molecule has 1 N–H and O–H groups in total. The minimum atomic E-state index is -0.238. The molecule has 0 radical (unpaired) electrons. The van der Waals surface area contributed by atoms with Crippen molar-refractivity contribution in [3.63, 3.8) is 0 Å². The highest BCUT2D eigenvalue weighted by Crippen LogP contribution is 2.36. The lowest BCUT2D eigenvalue weighted by Gasteiger charge is -2.44. The number of aliphatic hydroxyl groups excluding tert-OH is 1. The van der Waals surface area contributed by atoms with E-state index in [4.69, 9.17) is 9.84 Å². The molecule has 7 heteroatoms. The average Bonchev–Trinajstić information content (AvgIpc) is 3.27. The molecule has 6 aromatic rings. The van der Waals surface area contributed by atoms with Crippen LogP contribution in [0.25, 0.3) is 0 Å². The number of hydrogen-bond acceptors (Lipinski definition) is 7. The molecule has 0 bridgehead atoms. The van der Waals surface area contributed by atoms with E-state index in [2.05, 4.69) is 148 Å². The average molecular weight is 812 g/mol. The smallest absolute Gasteiger partial charge is 0.330 e. The maximum Gasteiger partial charge on any atom is 0.330 e. The van der Waals surface area contributed by atoms with Gasteiger partial charge in [-0.1, -0.05) is 182 Å². The van der Waals surface area contributed by atoms with Crippen LogP contribution in [0.5, 0.6) is 0 Å². The van der Waals surface area contributed by atoms with Crippen LogP contribution in [0.2, 0.25) is 0 Å². The van der Waals surface area contributed by atoms with Gasteiger partial charge < -0.3 is 9.84 Å². The fourth-order valence-electron chi connectivity index (χ4n) is 8.53. The van der Waals surface area contributed by atoms with E-state index in [1.807, 2.05) is 55.5 Å². The van der Waals surface area contributed by atoms with Crippen molar-refractivity contribution >= 4 is 11.8 Å². The van der Waals surface area contributed by atoms with Crippen molar-refractivity contribution in [2.45, 2.75) is 31.5 Å². The molecule has 6 aromatic carbocycles. The molecule has 3 heterocycles. The summed E-state index contributed by atoms with van der Waals surface area (Å²) in [4.78, 5) is 29.9. The summed E-state index contributed by atoms with van der Waals surface area (Å²) in [5, 5.41) is 9.04. The number of carbonyl (C=O) groups is 2. The molecule has 9 rings (SSSR count). The minimum Gasteiger partial charge on any atom is -0.463 e. The van der Waals surface area contributed by atoms with Gasteiger partial charge in [0, 0.05) is 38.9 Å². The minimum absolute atomic E-state index is 0.199. The third-order valence-electron chi connectivity index (χ3n) is 11.5. The van der Waals surface area contributed by atoms with Crippen LogP contribution in [0, 0.1) is 5.92 Å². The molecule has 3 aliphatic rings. The Hall–Kier alpha value is -5.96. The molecule has 3 fully saturated rings. The number of aliphatic hydroxyl groups is 1. The normalized spacial score (nSPS) is 15.4. The molecule has 0 aliphatic carbocycles. The Morgan fingerprint density at radius 3 is 1.15 bits per heavy atom. The zero-order valence-corrected chi connectivity index (χ0v) is 35.1. The van der Waals surface area contributed by atoms with Crippen molar-refractivity contribution < 1.29 is 19.4 Å². The van der Waals surface area contributed by atoms with E-state index in [9.17, 15) is 9.59 Å². The SMILES string of the molecule is CCOC(=O)C=C1CN(C(c2ccccc2)c2ccccc2)C1.O=C1CN(C(c2ccccc2)c2ccccc2)C1.OCCC1CN(C(c2ccccc2)c2ccccc2)C1. The van der Waals surface area contributed by atoms with E-state index in [1.54, 1.807) is 6.08 Å². The summed E-state index contributed by atoms with van der Waals surface area (Å²) in [5.41, 5.74) is 8.86. The molecule has 3 saturated heterocycles. The summed E-state index contributed by atoms with van der Waals surface area (Å²) >= 11 is 0. The molecule has 0 saturated carbocycles. The van der Waals surface area contributed by atoms with E-state index in [1.165, 1.54) is 33.4 Å². The Labute approximate surface area is 361 Å². The molecule has 0 spiro atoms. The van der Waals surface area contributed by atoms with Gasteiger partial charge in [-0.2, -0.15) is 0 Å². The van der Waals surface area contributed by atoms with Gasteiger partial charge in [0.2, 0.25) is 0 Å². The lowest BCUT2D eigenvalue weighted by molar-refractivity contribution is -0.137. The Morgan fingerprint density at radius 2 is 0.852 bits per heavy atom. The first-order valence-corrected chi connectivity index (χ1v) is 21.5. The van der Waals surface area contributed by atoms with E-state index in [0.29, 0.717) is 44.0 Å². The lowest BCUT2D eigenvalue weighted by atomic mass is 9.89. The monoisotopic (exact) mass is 811 g/mol. The topological polar surface area (TPSA) is 73.3 Å². The number of benzene rings is 6. The number of carbonyl (C=O) groups excluding carboxylic acids is 2. The first kappa shape index (κ1) is 43.1. The van der Waals surface area contributed by atoms with Crippen molar-refractivity contribution in [2.24, 2.45) is 5.92 Å². The van der Waals surface area contributed by atoms with Crippen molar-refractivity contribution in [3.8, 4) is 0 Å². The van der Waals surface area contributed by atoms with Crippen molar-refractivity contribution in [3.05, 3.63) is 227 Å². The van der Waals surface area contributed by atoms with Gasteiger partial charge in [-0.25, -0.2) is 4.79 Å². The molecule has 312 valence electrons. The predicted octanol–water partition coefficient (Wildman–Crippen LogP) is 9.33. The van der Waals surface area contributed by atoms with Crippen LogP contribution in [-0.2, 0) is 14.3 Å². The number of esters is 1. The standard InChI is InChI=1S/C20H21NO2.C18H21NO.C16H15NO/c1-2-23-19(22)13-16-14-21(15-16)20(17-9-5-3-6-10-17)18-11-7-4-8-12-18;20-12-11-15-13-19(14-15)18(16-7-3-1-4-8-16)17-9-5-2-6-10-17;18-15-11-17(12-15)16(13-7-3-1-4-8-13)14-9-5-2-6-10-14/h3-13,20H,2,14-15H2,1H3;1-10,15,18,20H,11-14H2;1-10,16H,11-12H2. The number of likely N-dealkylation sites (tertiary alicyclic amines) is 3. The molecule has 0 aromatic heterocycles. The van der Waals surface area contributed by atoms with Crippen LogP contribution >= 0.6 is 0 Å². The van der Waals surface area contributed by atoms with Gasteiger partial charge in [0.1, 0.15) is 0 Å². The molecule has 7 nitrogen and oxygen atoms in total. The molecule has 0 atom stereocenters. The number of nitrogens with zero attached hydrogens (tertiary/aromatic N) is 3. The molecule has 61 heavy (non-hydrogen) atoms. The van der Waals surface area contributed by atoms with Gasteiger partial charge in [0.05, 0.1) is 37.8 Å². The fourth-order valence-corrected chi connectivity index (χ4v) is 8.53. The van der Waals surface area contributed by atoms with E-state index >= 15 is 0 Å². The summed E-state index contributed by atoms with van der Waals surface area (Å²) in [6, 6.07) is 63.9. The summed E-state index contributed by atoms with van der Waals surface area (Å²) in [5.74, 6) is 0.736. The summed E-state index contributed by atoms with van der Waals surface area (Å²) < 4.78 is 4.98. The number of ketones is 1. The fraction of sp³-hybridized carbons (Fsp3) is 0.259. The maximum absolute atomic E-state index is 11.5. The number of hydrogen-bond donors (Lipinski definition) is 1. The summed E-state index contributed by atoms with van der Waals surface area (Å²) in [7, 11) is 0. The van der Waals surface area contributed by atoms with E-state index in [0.717, 1.165) is 38.2 Å². The second-order valence-corrected chi connectivity index (χ2v) is 15.9. The quantitative estimate of drug-likeness (QED) is 0.0921. The number of ether oxygens (including phenoxy) is 1. The number of rotatable bonds is 13. The van der Waals surface area contributed by atoms with Crippen LogP contribution < -0.4 is 0 Å². The van der Waals surface area contributed by atoms with Gasteiger partial charge in [0.25, 0.3) is 0 Å². The van der Waals surface area contributed by atoms with Crippen molar-refractivity contribution in [2.75, 3.05) is 52.5 Å². The Balaban J connectivity index is 0.000000139. The van der Waals surface area contributed by atoms with E-state index < -0.39 is 0 Å². The molecule has 3 aliphatic heterocycles. The first-order valence-electron chi connectivity index (χ1n) is 21.5. The summed E-state index contributed by atoms with van der Waals surface area (Å²) in [6.07, 6.45) is 2.56. The van der Waals surface area contributed by atoms with Gasteiger partial charge >= 0.3 is 5.97 Å². The Morgan fingerprint density at radius 1 is 0.541 bits per heavy atom. The van der Waals surface area contributed by atoms with Crippen LogP contribution in [0.4, 0.5) is 0 Å². The third-order valence-corrected chi connectivity index (χ3v) is 11.5. The highest BCUT2D eigenvalue weighted by atomic mass is 16.5. The molecular weight excluding hydrogens is 755 g/mol. The Kier molecular flexibility index (Phi) is 15.6. The second-order valence-electron chi connectivity index (χ2n) is 15.9. The van der Waals surface area contributed by atoms with Gasteiger partial charge in [-0.3, -0.25) is 19.5 Å². The van der Waals surface area contributed by atoms with Crippen molar-refractivity contribution in [1.29, 1.82) is 0 Å². The highest BCUT2D eigenvalue weighted by molar-refractivity contribution is 5.88. The highest BCUT2D eigenvalue weighted by Gasteiger charge is 2.34. The van der Waals surface area contributed by atoms with Crippen LogP contribution in [0.15, 0.2) is 194 Å². The van der Waals surface area contributed by atoms with Gasteiger partial charge in [-0.15, -0.1) is 0 Å². The van der Waals surface area contributed by atoms with Crippen molar-refractivity contribution in [1.82, 2.24) is 14.7 Å². The predicted molar refractivity (Wildman–Crippen MR) is 244 cm³/mol. The molecule has 0 unspecified atom stereocenters. The Bertz CT molecular complexity index is 2120. The second kappa shape index (κ2) is 22.0. The third kappa shape index (κ3) is 11.7. The van der Waals surface area contributed by atoms with Gasteiger partial charge in [-0.05, 0) is 58.2 Å². The first-order chi connectivity index (χ1) is 30.0.